The highest BCUT2D eigenvalue weighted by Crippen LogP contribution is 2.50. The van der Waals surface area contributed by atoms with Crippen LogP contribution < -0.4 is 0 Å². The van der Waals surface area contributed by atoms with Gasteiger partial charge >= 0.3 is 0 Å². The van der Waals surface area contributed by atoms with Crippen LogP contribution in [0, 0.1) is 5.41 Å². The fourth-order valence-corrected chi connectivity index (χ4v) is 3.42. The minimum atomic E-state index is -0.548. The summed E-state index contributed by atoms with van der Waals surface area (Å²) in [4.78, 5) is 11.5. The number of hydrogen-bond acceptors (Lipinski definition) is 4. The molecule has 136 valence electrons. The molecule has 0 aromatic carbocycles. The number of halogens is 1. The molecule has 0 amide bonds. The number of aldehydes is 1. The Morgan fingerprint density at radius 3 is 2.62 bits per heavy atom. The van der Waals surface area contributed by atoms with Gasteiger partial charge in [0.1, 0.15) is 13.1 Å². The zero-order chi connectivity index (χ0) is 18.2. The Balaban J connectivity index is 2.98. The van der Waals surface area contributed by atoms with Crippen molar-refractivity contribution in [2.24, 2.45) is 5.41 Å². The van der Waals surface area contributed by atoms with Crippen LogP contribution >= 0.6 is 15.9 Å². The van der Waals surface area contributed by atoms with Crippen LogP contribution in [-0.2, 0) is 19.0 Å². The van der Waals surface area contributed by atoms with E-state index in [2.05, 4.69) is 29.1 Å². The topological polar surface area (TPSA) is 44.8 Å². The number of alkyl halides is 1. The first kappa shape index (κ1) is 21.3. The summed E-state index contributed by atoms with van der Waals surface area (Å²) < 4.78 is 16.7. The molecule has 0 aromatic heterocycles. The third-order valence-corrected chi connectivity index (χ3v) is 5.59. The monoisotopic (exact) mass is 400 g/mol. The number of methoxy groups -OCH3 is 1. The molecule has 0 aliphatic heterocycles. The Morgan fingerprint density at radius 2 is 2.04 bits per heavy atom. The van der Waals surface area contributed by atoms with Crippen LogP contribution in [-0.4, -0.2) is 44.3 Å². The maximum absolute atomic E-state index is 11.5. The lowest BCUT2D eigenvalue weighted by Crippen LogP contribution is -2.51. The Morgan fingerprint density at radius 1 is 1.33 bits per heavy atom. The van der Waals surface area contributed by atoms with E-state index in [1.165, 1.54) is 0 Å². The van der Waals surface area contributed by atoms with E-state index >= 15 is 0 Å². The van der Waals surface area contributed by atoms with Crippen molar-refractivity contribution in [1.82, 2.24) is 0 Å². The third kappa shape index (κ3) is 4.88. The minimum absolute atomic E-state index is 0.160. The SMILES string of the molecule is C=C(CBr)C(=C)CC1(OCOCCOC)CCC=C(C=O)C1(C)C. The lowest BCUT2D eigenvalue weighted by atomic mass is 9.62. The second-order valence-corrected chi connectivity index (χ2v) is 7.18. The summed E-state index contributed by atoms with van der Waals surface area (Å²) in [7, 11) is 1.63. The fraction of sp³-hybridized carbons (Fsp3) is 0.632. The molecule has 1 unspecified atom stereocenters. The minimum Gasteiger partial charge on any atom is -0.382 e. The van der Waals surface area contributed by atoms with Gasteiger partial charge in [-0.3, -0.25) is 4.79 Å². The number of hydrogen-bond donors (Lipinski definition) is 0. The quantitative estimate of drug-likeness (QED) is 0.171. The van der Waals surface area contributed by atoms with Crippen molar-refractivity contribution < 1.29 is 19.0 Å². The van der Waals surface area contributed by atoms with Crippen LogP contribution in [0.15, 0.2) is 36.0 Å². The van der Waals surface area contributed by atoms with Crippen LogP contribution in [0.5, 0.6) is 0 Å². The molecule has 0 saturated carbocycles. The molecule has 1 aliphatic carbocycles. The van der Waals surface area contributed by atoms with Gasteiger partial charge in [0.2, 0.25) is 0 Å². The molecule has 0 aromatic rings. The molecule has 0 fully saturated rings. The molecular weight excluding hydrogens is 372 g/mol. The molecule has 24 heavy (non-hydrogen) atoms. The molecule has 5 heteroatoms. The Bertz CT molecular complexity index is 496. The molecule has 0 bridgehead atoms. The highest BCUT2D eigenvalue weighted by Gasteiger charge is 2.50. The Kier molecular flexibility index (Phi) is 8.57. The van der Waals surface area contributed by atoms with Crippen molar-refractivity contribution >= 4 is 22.2 Å². The molecule has 1 atom stereocenters. The number of allylic oxidation sites excluding steroid dienone is 2. The summed E-state index contributed by atoms with van der Waals surface area (Å²) in [6.45, 7) is 13.4. The first-order valence-electron chi connectivity index (χ1n) is 8.13. The third-order valence-electron chi connectivity index (χ3n) is 4.91. The van der Waals surface area contributed by atoms with Gasteiger partial charge in [-0.05, 0) is 29.6 Å². The molecule has 4 nitrogen and oxygen atoms in total. The van der Waals surface area contributed by atoms with Crippen LogP contribution in [0.25, 0.3) is 0 Å². The van der Waals surface area contributed by atoms with Crippen molar-refractivity contribution in [3.05, 3.63) is 36.0 Å². The number of ether oxygens (including phenoxy) is 3. The highest BCUT2D eigenvalue weighted by molar-refractivity contribution is 9.09. The van der Waals surface area contributed by atoms with Crippen LogP contribution in [0.2, 0.25) is 0 Å². The van der Waals surface area contributed by atoms with E-state index in [1.807, 2.05) is 19.9 Å². The van der Waals surface area contributed by atoms with E-state index < -0.39 is 11.0 Å². The molecule has 0 heterocycles. The summed E-state index contributed by atoms with van der Waals surface area (Å²) >= 11 is 3.43. The van der Waals surface area contributed by atoms with Gasteiger partial charge in [-0.15, -0.1) is 0 Å². The maximum Gasteiger partial charge on any atom is 0.147 e. The van der Waals surface area contributed by atoms with Gasteiger partial charge in [0, 0.05) is 24.3 Å². The fourth-order valence-electron chi connectivity index (χ4n) is 3.02. The molecule has 1 rings (SSSR count). The van der Waals surface area contributed by atoms with Gasteiger partial charge in [0.05, 0.1) is 18.8 Å². The largest absolute Gasteiger partial charge is 0.382 e. The van der Waals surface area contributed by atoms with Gasteiger partial charge < -0.3 is 14.2 Å². The smallest absolute Gasteiger partial charge is 0.147 e. The van der Waals surface area contributed by atoms with E-state index in [0.29, 0.717) is 25.0 Å². The van der Waals surface area contributed by atoms with Gasteiger partial charge in [-0.25, -0.2) is 0 Å². The van der Waals surface area contributed by atoms with Crippen molar-refractivity contribution in [2.45, 2.75) is 38.7 Å². The van der Waals surface area contributed by atoms with E-state index in [0.717, 1.165) is 35.8 Å². The summed E-state index contributed by atoms with van der Waals surface area (Å²) in [5.41, 5.74) is 1.66. The van der Waals surface area contributed by atoms with Crippen LogP contribution in [0.4, 0.5) is 0 Å². The summed E-state index contributed by atoms with van der Waals surface area (Å²) in [6, 6.07) is 0. The van der Waals surface area contributed by atoms with Crippen molar-refractivity contribution in [1.29, 1.82) is 0 Å². The standard InChI is InChI=1S/C19H29BrO4/c1-15(16(2)12-20)11-19(24-14-23-10-9-22-5)8-6-7-17(13-21)18(19,3)4/h7,13H,1-2,6,8-12,14H2,3-5H3. The predicted molar refractivity (Wildman–Crippen MR) is 100 cm³/mol. The van der Waals surface area contributed by atoms with Gasteiger partial charge in [-0.1, -0.05) is 49.0 Å². The molecule has 1 aliphatic rings. The number of rotatable bonds is 11. The number of carbonyl (C=O) groups excluding carboxylic acids is 1. The zero-order valence-corrected chi connectivity index (χ0v) is 16.6. The lowest BCUT2D eigenvalue weighted by molar-refractivity contribution is -0.188. The van der Waals surface area contributed by atoms with E-state index in [1.54, 1.807) is 7.11 Å². The maximum atomic E-state index is 11.5. The van der Waals surface area contributed by atoms with Crippen LogP contribution in [0.3, 0.4) is 0 Å². The summed E-state index contributed by atoms with van der Waals surface area (Å²) in [5.74, 6) is 0. The average molecular weight is 401 g/mol. The van der Waals surface area contributed by atoms with Gasteiger partial charge in [0.25, 0.3) is 0 Å². The second-order valence-electron chi connectivity index (χ2n) is 6.62. The summed E-state index contributed by atoms with van der Waals surface area (Å²) in [6.07, 6.45) is 5.15. The molecule has 0 radical (unpaired) electrons. The predicted octanol–water partition coefficient (Wildman–Crippen LogP) is 4.21. The lowest BCUT2D eigenvalue weighted by Gasteiger charge is -2.49. The van der Waals surface area contributed by atoms with Gasteiger partial charge in [0.15, 0.2) is 0 Å². The van der Waals surface area contributed by atoms with E-state index in [4.69, 9.17) is 14.2 Å². The summed E-state index contributed by atoms with van der Waals surface area (Å²) in [5, 5.41) is 0.670. The normalized spacial score (nSPS) is 22.8. The Labute approximate surface area is 154 Å². The second kappa shape index (κ2) is 9.66. The Hall–Kier alpha value is -0.750. The molecule has 0 N–H and O–H groups in total. The van der Waals surface area contributed by atoms with E-state index in [9.17, 15) is 4.79 Å². The van der Waals surface area contributed by atoms with E-state index in [-0.39, 0.29) is 6.79 Å². The molecule has 0 saturated heterocycles. The first-order valence-corrected chi connectivity index (χ1v) is 9.25. The van der Waals surface area contributed by atoms with Crippen molar-refractivity contribution in [2.75, 3.05) is 32.4 Å². The zero-order valence-electron chi connectivity index (χ0n) is 15.0. The van der Waals surface area contributed by atoms with Crippen molar-refractivity contribution in [3.8, 4) is 0 Å². The molecule has 0 spiro atoms. The van der Waals surface area contributed by atoms with Crippen LogP contribution in [0.1, 0.15) is 33.1 Å². The number of carbonyl (C=O) groups is 1. The highest BCUT2D eigenvalue weighted by atomic mass is 79.9. The molecular formula is C19H29BrO4. The van der Waals surface area contributed by atoms with Crippen molar-refractivity contribution in [3.63, 3.8) is 0 Å². The average Bonchev–Trinajstić information content (AvgIpc) is 2.56. The first-order chi connectivity index (χ1) is 11.3. The van der Waals surface area contributed by atoms with Gasteiger partial charge in [-0.2, -0.15) is 0 Å².